The molecule has 9 nitrogen and oxygen atoms in total. The lowest BCUT2D eigenvalue weighted by atomic mass is 9.68. The summed E-state index contributed by atoms with van der Waals surface area (Å²) in [6.07, 6.45) is 2.84. The fourth-order valence-corrected chi connectivity index (χ4v) is 7.03. The molecule has 1 aromatic carbocycles. The molecule has 1 atom stereocenters. The molecular weight excluding hydrogens is 456 g/mol. The fourth-order valence-electron chi connectivity index (χ4n) is 5.50. The van der Waals surface area contributed by atoms with Crippen LogP contribution >= 0.6 is 0 Å². The molecule has 34 heavy (non-hydrogen) atoms. The van der Waals surface area contributed by atoms with Gasteiger partial charge in [0.05, 0.1) is 24.7 Å². The standard InChI is InChI=1S/C24H28N4O5S/c1-17(2)28-22(29)20-8-4-3-7-19(20)21(23(30)26-10-12-33-13-11-26)24(28)15-27(16-24)34(31,32)18-6-5-9-25-14-18/h3-9,14,17,21H,10-13,15-16H2,1-2H3. The van der Waals surface area contributed by atoms with Crippen molar-refractivity contribution in [2.24, 2.45) is 0 Å². The number of benzene rings is 1. The first-order chi connectivity index (χ1) is 16.3. The van der Waals surface area contributed by atoms with Crippen molar-refractivity contribution >= 4 is 21.8 Å². The SMILES string of the molecule is CC(C)N1C(=O)c2ccccc2C(C(=O)N2CCOCC2)C12CN(S(=O)(=O)c1cccnc1)C2. The number of hydrogen-bond donors (Lipinski definition) is 0. The normalized spacial score (nSPS) is 22.6. The first-order valence-corrected chi connectivity index (χ1v) is 12.9. The Hall–Kier alpha value is -2.82. The predicted octanol–water partition coefficient (Wildman–Crippen LogP) is 1.33. The van der Waals surface area contributed by atoms with Crippen LogP contribution in [-0.2, 0) is 19.6 Å². The van der Waals surface area contributed by atoms with Crippen molar-refractivity contribution in [1.82, 2.24) is 19.1 Å². The van der Waals surface area contributed by atoms with Gasteiger partial charge in [-0.05, 0) is 37.6 Å². The first-order valence-electron chi connectivity index (χ1n) is 11.5. The van der Waals surface area contributed by atoms with Crippen molar-refractivity contribution in [3.8, 4) is 0 Å². The molecule has 1 aromatic heterocycles. The van der Waals surface area contributed by atoms with Crippen molar-refractivity contribution in [3.05, 3.63) is 59.9 Å². The summed E-state index contributed by atoms with van der Waals surface area (Å²) in [5.41, 5.74) is 0.200. The number of hydrogen-bond acceptors (Lipinski definition) is 6. The van der Waals surface area contributed by atoms with Crippen LogP contribution in [0.1, 0.15) is 35.7 Å². The molecule has 2 fully saturated rings. The maximum absolute atomic E-state index is 14.0. The summed E-state index contributed by atoms with van der Waals surface area (Å²) in [4.78, 5) is 35.2. The largest absolute Gasteiger partial charge is 0.378 e. The molecule has 10 heteroatoms. The second-order valence-electron chi connectivity index (χ2n) is 9.29. The number of carbonyl (C=O) groups is 2. The summed E-state index contributed by atoms with van der Waals surface area (Å²) in [6.45, 7) is 5.77. The third kappa shape index (κ3) is 3.43. The molecule has 180 valence electrons. The maximum atomic E-state index is 14.0. The predicted molar refractivity (Wildman–Crippen MR) is 124 cm³/mol. The van der Waals surface area contributed by atoms with E-state index in [2.05, 4.69) is 4.98 Å². The third-order valence-corrected chi connectivity index (χ3v) is 8.77. The van der Waals surface area contributed by atoms with E-state index in [4.69, 9.17) is 4.74 Å². The van der Waals surface area contributed by atoms with Gasteiger partial charge in [-0.3, -0.25) is 14.6 Å². The summed E-state index contributed by atoms with van der Waals surface area (Å²) in [5.74, 6) is -0.926. The summed E-state index contributed by atoms with van der Waals surface area (Å²) < 4.78 is 33.4. The molecule has 3 aliphatic rings. The average molecular weight is 485 g/mol. The van der Waals surface area contributed by atoms with E-state index in [1.165, 1.54) is 22.8 Å². The number of nitrogens with zero attached hydrogens (tertiary/aromatic N) is 4. The van der Waals surface area contributed by atoms with Crippen molar-refractivity contribution < 1.29 is 22.7 Å². The first kappa shape index (κ1) is 22.9. The molecule has 2 aromatic rings. The van der Waals surface area contributed by atoms with Crippen LogP contribution in [-0.4, -0.2) is 90.3 Å². The Morgan fingerprint density at radius 2 is 1.82 bits per heavy atom. The average Bonchev–Trinajstić information content (AvgIpc) is 2.82. The number of amides is 2. The topological polar surface area (TPSA) is 100 Å². The highest BCUT2D eigenvalue weighted by Gasteiger charge is 2.64. The minimum atomic E-state index is -3.81. The van der Waals surface area contributed by atoms with Crippen LogP contribution in [0.5, 0.6) is 0 Å². The summed E-state index contributed by atoms with van der Waals surface area (Å²) in [5, 5.41) is 0. The van der Waals surface area contributed by atoms with Crippen molar-refractivity contribution in [3.63, 3.8) is 0 Å². The van der Waals surface area contributed by atoms with Crippen molar-refractivity contribution in [1.29, 1.82) is 0 Å². The van der Waals surface area contributed by atoms with E-state index in [0.717, 1.165) is 0 Å². The summed E-state index contributed by atoms with van der Waals surface area (Å²) in [7, 11) is -3.81. The van der Waals surface area contributed by atoms with E-state index >= 15 is 0 Å². The van der Waals surface area contributed by atoms with Gasteiger partial charge >= 0.3 is 0 Å². The number of pyridine rings is 1. The lowest BCUT2D eigenvalue weighted by Crippen LogP contribution is -2.78. The van der Waals surface area contributed by atoms with E-state index in [1.807, 2.05) is 26.0 Å². The van der Waals surface area contributed by atoms with Gasteiger partial charge in [-0.15, -0.1) is 0 Å². The number of ether oxygens (including phenoxy) is 1. The molecule has 2 amide bonds. The highest BCUT2D eigenvalue weighted by molar-refractivity contribution is 7.89. The Morgan fingerprint density at radius 1 is 1.12 bits per heavy atom. The van der Waals surface area contributed by atoms with Crippen LogP contribution < -0.4 is 0 Å². The molecule has 3 aliphatic heterocycles. The molecule has 0 bridgehead atoms. The van der Waals surface area contributed by atoms with Gasteiger partial charge in [0.2, 0.25) is 15.9 Å². The number of rotatable bonds is 4. The number of aromatic nitrogens is 1. The van der Waals surface area contributed by atoms with Crippen LogP contribution in [0.25, 0.3) is 0 Å². The van der Waals surface area contributed by atoms with E-state index < -0.39 is 21.5 Å². The number of sulfonamides is 1. The molecule has 0 aliphatic carbocycles. The number of carbonyl (C=O) groups excluding carboxylic acids is 2. The Morgan fingerprint density at radius 3 is 2.47 bits per heavy atom. The number of morpholine rings is 1. The lowest BCUT2D eigenvalue weighted by Gasteiger charge is -2.61. The Kier molecular flexibility index (Phi) is 5.70. The van der Waals surface area contributed by atoms with Crippen LogP contribution in [0.2, 0.25) is 0 Å². The summed E-state index contributed by atoms with van der Waals surface area (Å²) >= 11 is 0. The van der Waals surface area contributed by atoms with Crippen LogP contribution in [0.3, 0.4) is 0 Å². The molecular formula is C24H28N4O5S. The minimum Gasteiger partial charge on any atom is -0.378 e. The van der Waals surface area contributed by atoms with E-state index in [9.17, 15) is 18.0 Å². The molecule has 0 N–H and O–H groups in total. The molecule has 5 rings (SSSR count). The zero-order valence-corrected chi connectivity index (χ0v) is 20.1. The highest BCUT2D eigenvalue weighted by Crippen LogP contribution is 2.49. The molecule has 0 radical (unpaired) electrons. The second kappa shape index (κ2) is 8.44. The molecule has 0 saturated carbocycles. The van der Waals surface area contributed by atoms with Crippen LogP contribution in [0.15, 0.2) is 53.7 Å². The Balaban J connectivity index is 1.59. The zero-order chi connectivity index (χ0) is 24.1. The smallest absolute Gasteiger partial charge is 0.254 e. The number of fused-ring (bicyclic) bond motifs is 1. The van der Waals surface area contributed by atoms with Gasteiger partial charge in [-0.25, -0.2) is 8.42 Å². The zero-order valence-electron chi connectivity index (χ0n) is 19.3. The lowest BCUT2D eigenvalue weighted by molar-refractivity contribution is -0.145. The van der Waals surface area contributed by atoms with Gasteiger partial charge in [0, 0.05) is 50.2 Å². The van der Waals surface area contributed by atoms with Crippen molar-refractivity contribution in [2.75, 3.05) is 39.4 Å². The quantitative estimate of drug-likeness (QED) is 0.649. The van der Waals surface area contributed by atoms with Crippen LogP contribution in [0, 0.1) is 0 Å². The van der Waals surface area contributed by atoms with Gasteiger partial charge < -0.3 is 14.5 Å². The van der Waals surface area contributed by atoms with E-state index in [0.29, 0.717) is 37.4 Å². The van der Waals surface area contributed by atoms with Gasteiger partial charge in [0.1, 0.15) is 4.90 Å². The highest BCUT2D eigenvalue weighted by atomic mass is 32.2. The maximum Gasteiger partial charge on any atom is 0.254 e. The van der Waals surface area contributed by atoms with Gasteiger partial charge in [0.15, 0.2) is 0 Å². The molecule has 4 heterocycles. The van der Waals surface area contributed by atoms with Crippen molar-refractivity contribution in [2.45, 2.75) is 36.2 Å². The third-order valence-electron chi connectivity index (χ3n) is 7.00. The van der Waals surface area contributed by atoms with E-state index in [-0.39, 0.29) is 35.8 Å². The molecule has 1 unspecified atom stereocenters. The second-order valence-corrected chi connectivity index (χ2v) is 11.2. The van der Waals surface area contributed by atoms with Crippen LogP contribution in [0.4, 0.5) is 0 Å². The van der Waals surface area contributed by atoms with Gasteiger partial charge in [-0.1, -0.05) is 18.2 Å². The minimum absolute atomic E-state index is 0.0449. The fraction of sp³-hybridized carbons (Fsp3) is 0.458. The Labute approximate surface area is 199 Å². The molecule has 2 saturated heterocycles. The molecule has 1 spiro atoms. The Bertz CT molecular complexity index is 1200. The van der Waals surface area contributed by atoms with Gasteiger partial charge in [-0.2, -0.15) is 4.31 Å². The monoisotopic (exact) mass is 484 g/mol. The summed E-state index contributed by atoms with van der Waals surface area (Å²) in [6, 6.07) is 10.1. The van der Waals surface area contributed by atoms with Gasteiger partial charge in [0.25, 0.3) is 5.91 Å². The van der Waals surface area contributed by atoms with E-state index in [1.54, 1.807) is 28.0 Å².